The van der Waals surface area contributed by atoms with Gasteiger partial charge in [-0.05, 0) is 48.4 Å². The SMILES string of the molecule is CCC(C(=O)Nc1ccc(OCC(=O)O)cc1)c1ccc(OC)cc1. The topological polar surface area (TPSA) is 84.9 Å². The van der Waals surface area contributed by atoms with E-state index in [0.717, 1.165) is 11.3 Å². The van der Waals surface area contributed by atoms with E-state index >= 15 is 0 Å². The summed E-state index contributed by atoms with van der Waals surface area (Å²) in [5, 5.41) is 11.5. The Morgan fingerprint density at radius 2 is 1.64 bits per heavy atom. The second-order valence-corrected chi connectivity index (χ2v) is 5.43. The lowest BCUT2D eigenvalue weighted by Crippen LogP contribution is -2.20. The first-order chi connectivity index (χ1) is 12.0. The van der Waals surface area contributed by atoms with Crippen LogP contribution in [0.15, 0.2) is 48.5 Å². The summed E-state index contributed by atoms with van der Waals surface area (Å²) < 4.78 is 10.2. The largest absolute Gasteiger partial charge is 0.497 e. The Hall–Kier alpha value is -3.02. The number of amides is 1. The van der Waals surface area contributed by atoms with Crippen molar-refractivity contribution < 1.29 is 24.2 Å². The summed E-state index contributed by atoms with van der Waals surface area (Å²) in [7, 11) is 1.60. The van der Waals surface area contributed by atoms with Crippen molar-refractivity contribution in [2.24, 2.45) is 0 Å². The van der Waals surface area contributed by atoms with Gasteiger partial charge in [0.15, 0.2) is 6.61 Å². The molecule has 1 unspecified atom stereocenters. The number of hydrogen-bond acceptors (Lipinski definition) is 4. The first-order valence-corrected chi connectivity index (χ1v) is 7.93. The van der Waals surface area contributed by atoms with E-state index in [9.17, 15) is 9.59 Å². The first kappa shape index (κ1) is 18.3. The van der Waals surface area contributed by atoms with Crippen LogP contribution >= 0.6 is 0 Å². The zero-order valence-electron chi connectivity index (χ0n) is 14.2. The zero-order valence-corrected chi connectivity index (χ0v) is 14.2. The van der Waals surface area contributed by atoms with Gasteiger partial charge < -0.3 is 19.9 Å². The second kappa shape index (κ2) is 8.73. The third-order valence-electron chi connectivity index (χ3n) is 3.73. The number of carbonyl (C=O) groups excluding carboxylic acids is 1. The van der Waals surface area contributed by atoms with Crippen molar-refractivity contribution in [3.8, 4) is 11.5 Å². The van der Waals surface area contributed by atoms with Gasteiger partial charge in [-0.3, -0.25) is 4.79 Å². The molecule has 2 aromatic rings. The average molecular weight is 343 g/mol. The average Bonchev–Trinajstić information content (AvgIpc) is 2.62. The summed E-state index contributed by atoms with van der Waals surface area (Å²) in [6.45, 7) is 1.55. The summed E-state index contributed by atoms with van der Waals surface area (Å²) in [6.07, 6.45) is 0.665. The minimum Gasteiger partial charge on any atom is -0.497 e. The maximum absolute atomic E-state index is 12.5. The number of hydrogen-bond donors (Lipinski definition) is 2. The number of carboxylic acids is 1. The second-order valence-electron chi connectivity index (χ2n) is 5.43. The van der Waals surface area contributed by atoms with E-state index in [1.165, 1.54) is 0 Å². The molecule has 2 N–H and O–H groups in total. The number of rotatable bonds is 8. The van der Waals surface area contributed by atoms with Crippen LogP contribution in [-0.4, -0.2) is 30.7 Å². The van der Waals surface area contributed by atoms with Gasteiger partial charge in [-0.2, -0.15) is 0 Å². The molecule has 6 heteroatoms. The van der Waals surface area contributed by atoms with Gasteiger partial charge in [-0.1, -0.05) is 19.1 Å². The number of benzene rings is 2. The molecule has 1 atom stereocenters. The summed E-state index contributed by atoms with van der Waals surface area (Å²) >= 11 is 0. The van der Waals surface area contributed by atoms with Crippen LogP contribution in [0.25, 0.3) is 0 Å². The molecule has 0 heterocycles. The van der Waals surface area contributed by atoms with Gasteiger partial charge in [0.2, 0.25) is 5.91 Å². The fraction of sp³-hybridized carbons (Fsp3) is 0.263. The van der Waals surface area contributed by atoms with Crippen LogP contribution in [0.5, 0.6) is 11.5 Å². The van der Waals surface area contributed by atoms with E-state index < -0.39 is 12.6 Å². The van der Waals surface area contributed by atoms with E-state index in [2.05, 4.69) is 5.32 Å². The molecule has 0 aliphatic carbocycles. The molecule has 132 valence electrons. The van der Waals surface area contributed by atoms with Gasteiger partial charge in [-0.15, -0.1) is 0 Å². The molecule has 0 aliphatic rings. The fourth-order valence-corrected chi connectivity index (χ4v) is 2.42. The van der Waals surface area contributed by atoms with E-state index in [4.69, 9.17) is 14.6 Å². The van der Waals surface area contributed by atoms with E-state index in [1.54, 1.807) is 31.4 Å². The molecule has 0 radical (unpaired) electrons. The maximum Gasteiger partial charge on any atom is 0.341 e. The molecule has 0 bridgehead atoms. The van der Waals surface area contributed by atoms with Crippen LogP contribution in [0.4, 0.5) is 5.69 Å². The molecule has 6 nitrogen and oxygen atoms in total. The van der Waals surface area contributed by atoms with Crippen LogP contribution in [0.3, 0.4) is 0 Å². The monoisotopic (exact) mass is 343 g/mol. The molecule has 0 spiro atoms. The van der Waals surface area contributed by atoms with Crippen molar-refractivity contribution in [2.75, 3.05) is 19.0 Å². The molecule has 1 amide bonds. The lowest BCUT2D eigenvalue weighted by atomic mass is 9.95. The van der Waals surface area contributed by atoms with Crippen molar-refractivity contribution in [2.45, 2.75) is 19.3 Å². The first-order valence-electron chi connectivity index (χ1n) is 7.93. The number of anilines is 1. The Morgan fingerprint density at radius 3 is 2.16 bits per heavy atom. The van der Waals surface area contributed by atoms with Crippen LogP contribution in [-0.2, 0) is 9.59 Å². The summed E-state index contributed by atoms with van der Waals surface area (Å²) in [6, 6.07) is 14.0. The predicted molar refractivity (Wildman–Crippen MR) is 94.2 cm³/mol. The van der Waals surface area contributed by atoms with Crippen molar-refractivity contribution in [3.05, 3.63) is 54.1 Å². The Bertz CT molecular complexity index is 710. The summed E-state index contributed by atoms with van der Waals surface area (Å²) in [5.74, 6) is -0.234. The maximum atomic E-state index is 12.5. The molecule has 2 aromatic carbocycles. The minimum absolute atomic E-state index is 0.105. The lowest BCUT2D eigenvalue weighted by molar-refractivity contribution is -0.139. The molecule has 0 aromatic heterocycles. The third-order valence-corrected chi connectivity index (χ3v) is 3.73. The highest BCUT2D eigenvalue weighted by molar-refractivity contribution is 5.95. The van der Waals surface area contributed by atoms with Crippen molar-refractivity contribution in [3.63, 3.8) is 0 Å². The fourth-order valence-electron chi connectivity index (χ4n) is 2.42. The Morgan fingerprint density at radius 1 is 1.04 bits per heavy atom. The van der Waals surface area contributed by atoms with Crippen LogP contribution in [0.1, 0.15) is 24.8 Å². The zero-order chi connectivity index (χ0) is 18.2. The summed E-state index contributed by atoms with van der Waals surface area (Å²) in [4.78, 5) is 23.0. The Labute approximate surface area is 146 Å². The van der Waals surface area contributed by atoms with E-state index in [0.29, 0.717) is 17.9 Å². The predicted octanol–water partition coefficient (Wildman–Crippen LogP) is 3.29. The number of methoxy groups -OCH3 is 1. The van der Waals surface area contributed by atoms with Gasteiger partial charge in [0.25, 0.3) is 0 Å². The van der Waals surface area contributed by atoms with Crippen molar-refractivity contribution in [1.82, 2.24) is 0 Å². The highest BCUT2D eigenvalue weighted by atomic mass is 16.5. The molecular formula is C19H21NO5. The number of aliphatic carboxylic acids is 1. The standard InChI is InChI=1S/C19H21NO5/c1-3-17(13-4-8-15(24-2)9-5-13)19(23)20-14-6-10-16(11-7-14)25-12-18(21)22/h4-11,17H,3,12H2,1-2H3,(H,20,23)(H,21,22). The van der Waals surface area contributed by atoms with Crippen molar-refractivity contribution >= 4 is 17.6 Å². The van der Waals surface area contributed by atoms with Crippen molar-refractivity contribution in [1.29, 1.82) is 0 Å². The summed E-state index contributed by atoms with van der Waals surface area (Å²) in [5.41, 5.74) is 1.54. The minimum atomic E-state index is -1.04. The number of nitrogens with one attached hydrogen (secondary N) is 1. The molecule has 2 rings (SSSR count). The van der Waals surface area contributed by atoms with E-state index in [1.807, 2.05) is 31.2 Å². The van der Waals surface area contributed by atoms with E-state index in [-0.39, 0.29) is 11.8 Å². The quantitative estimate of drug-likeness (QED) is 0.768. The number of carbonyl (C=O) groups is 2. The molecule has 0 saturated carbocycles. The van der Waals surface area contributed by atoms with Gasteiger partial charge in [0.1, 0.15) is 11.5 Å². The van der Waals surface area contributed by atoms with Gasteiger partial charge >= 0.3 is 5.97 Å². The van der Waals surface area contributed by atoms with Gasteiger partial charge in [0, 0.05) is 5.69 Å². The molecule has 0 fully saturated rings. The lowest BCUT2D eigenvalue weighted by Gasteiger charge is -2.16. The Balaban J connectivity index is 2.02. The normalized spacial score (nSPS) is 11.4. The van der Waals surface area contributed by atoms with Crippen LogP contribution < -0.4 is 14.8 Å². The van der Waals surface area contributed by atoms with Crippen LogP contribution in [0, 0.1) is 0 Å². The Kier molecular flexibility index (Phi) is 6.39. The third kappa shape index (κ3) is 5.24. The smallest absolute Gasteiger partial charge is 0.341 e. The number of carboxylic acid groups (broad SMARTS) is 1. The van der Waals surface area contributed by atoms with Gasteiger partial charge in [-0.25, -0.2) is 4.79 Å². The highest BCUT2D eigenvalue weighted by Gasteiger charge is 2.19. The molecule has 0 saturated heterocycles. The molecular weight excluding hydrogens is 322 g/mol. The molecule has 25 heavy (non-hydrogen) atoms. The molecule has 0 aliphatic heterocycles. The number of ether oxygens (including phenoxy) is 2. The van der Waals surface area contributed by atoms with Gasteiger partial charge in [0.05, 0.1) is 13.0 Å². The van der Waals surface area contributed by atoms with Crippen LogP contribution in [0.2, 0.25) is 0 Å². The highest BCUT2D eigenvalue weighted by Crippen LogP contribution is 2.24.